The molecule has 0 fully saturated rings. The molecule has 0 radical (unpaired) electrons. The molecule has 0 bridgehead atoms. The molecule has 0 aliphatic rings. The molecule has 0 spiro atoms. The minimum Gasteiger partial charge on any atom is -0.756 e. The Bertz CT molecular complexity index is 1260. The molecule has 0 heterocycles. The van der Waals surface area contributed by atoms with Gasteiger partial charge in [0.05, 0.1) is 39.9 Å². The Hall–Kier alpha value is -1.54. The number of amides is 1. The predicted octanol–water partition coefficient (Wildman–Crippen LogP) is 17.3. The van der Waals surface area contributed by atoms with Crippen molar-refractivity contribution in [2.75, 3.05) is 40.9 Å². The molecule has 3 atom stereocenters. The third kappa shape index (κ3) is 54.1. The van der Waals surface area contributed by atoms with Crippen molar-refractivity contribution < 1.29 is 32.9 Å². The van der Waals surface area contributed by atoms with Gasteiger partial charge < -0.3 is 28.8 Å². The van der Waals surface area contributed by atoms with E-state index in [1.807, 2.05) is 27.2 Å². The number of aliphatic hydroxyl groups is 1. The lowest BCUT2D eigenvalue weighted by Gasteiger charge is -2.29. The van der Waals surface area contributed by atoms with Gasteiger partial charge in [-0.15, -0.1) is 0 Å². The molecule has 69 heavy (non-hydrogen) atoms. The number of carbonyl (C=O) groups excluding carboxylic acids is 1. The minimum atomic E-state index is -4.59. The Balaban J connectivity index is 3.87. The second kappa shape index (κ2) is 51.4. The van der Waals surface area contributed by atoms with Crippen molar-refractivity contribution in [3.05, 3.63) is 48.6 Å². The number of nitrogens with one attached hydrogen (secondary N) is 1. The van der Waals surface area contributed by atoms with E-state index in [4.69, 9.17) is 9.05 Å². The number of allylic oxidation sites excluding steroid dienone is 7. The van der Waals surface area contributed by atoms with Crippen LogP contribution >= 0.6 is 7.82 Å². The van der Waals surface area contributed by atoms with Crippen LogP contribution in [0.4, 0.5) is 0 Å². The highest BCUT2D eigenvalue weighted by Gasteiger charge is 2.23. The van der Waals surface area contributed by atoms with Gasteiger partial charge in [-0.05, 0) is 57.8 Å². The number of aliphatic hydroxyl groups excluding tert-OH is 1. The lowest BCUT2D eigenvalue weighted by Crippen LogP contribution is -2.45. The van der Waals surface area contributed by atoms with Gasteiger partial charge in [-0.1, -0.05) is 262 Å². The molecule has 1 amide bonds. The van der Waals surface area contributed by atoms with Crippen molar-refractivity contribution in [2.24, 2.45) is 0 Å². The average molecular weight is 992 g/mol. The predicted molar refractivity (Wildman–Crippen MR) is 298 cm³/mol. The van der Waals surface area contributed by atoms with Crippen molar-refractivity contribution in [3.8, 4) is 0 Å². The molecule has 0 aliphatic carbocycles. The van der Waals surface area contributed by atoms with Crippen LogP contribution in [0.3, 0.4) is 0 Å². The molecule has 3 unspecified atom stereocenters. The first-order chi connectivity index (χ1) is 33.5. The molecule has 0 aromatic heterocycles. The molecular weight excluding hydrogens is 876 g/mol. The molecule has 0 aliphatic heterocycles. The van der Waals surface area contributed by atoms with E-state index in [0.717, 1.165) is 51.4 Å². The van der Waals surface area contributed by atoms with E-state index in [1.54, 1.807) is 6.08 Å². The van der Waals surface area contributed by atoms with Crippen LogP contribution in [-0.4, -0.2) is 68.5 Å². The van der Waals surface area contributed by atoms with E-state index in [2.05, 4.69) is 55.6 Å². The number of phosphoric acid groups is 1. The largest absolute Gasteiger partial charge is 0.756 e. The molecule has 0 rings (SSSR count). The standard InChI is InChI=1S/C60H115N2O6P/c1-6-8-10-12-14-16-18-19-20-21-22-23-24-25-26-27-28-29-30-31-32-33-34-35-36-37-38-39-40-41-42-43-44-46-48-50-52-54-60(64)61-58(57-68-69(65,66)67-56-55-62(3,4)5)59(63)53-51-49-47-45-17-15-13-11-9-7-2/h18-19,21-22,24-25,51,53,58-59,63H,6-17,20,23,26-50,52,54-57H2,1-5H3,(H-,61,64,65,66)/b19-18-,22-21-,25-24-,53-51+. The number of rotatable bonds is 54. The summed E-state index contributed by atoms with van der Waals surface area (Å²) in [6, 6.07) is -0.883. The van der Waals surface area contributed by atoms with Crippen LogP contribution in [-0.2, 0) is 18.4 Å². The van der Waals surface area contributed by atoms with E-state index in [9.17, 15) is 19.4 Å². The molecule has 0 aromatic rings. The number of likely N-dealkylation sites (N-methyl/N-ethyl adjacent to an activating group) is 1. The zero-order chi connectivity index (χ0) is 50.6. The summed E-state index contributed by atoms with van der Waals surface area (Å²) >= 11 is 0. The summed E-state index contributed by atoms with van der Waals surface area (Å²) < 4.78 is 23.2. The van der Waals surface area contributed by atoms with E-state index in [-0.39, 0.29) is 19.1 Å². The maximum Gasteiger partial charge on any atom is 0.268 e. The molecular formula is C60H115N2O6P. The van der Waals surface area contributed by atoms with E-state index in [1.165, 1.54) is 205 Å². The average Bonchev–Trinajstić information content (AvgIpc) is 3.31. The number of carbonyl (C=O) groups is 1. The van der Waals surface area contributed by atoms with E-state index in [0.29, 0.717) is 17.4 Å². The first-order valence-electron chi connectivity index (χ1n) is 29.5. The quantitative estimate of drug-likeness (QED) is 0.0272. The van der Waals surface area contributed by atoms with Gasteiger partial charge in [0.25, 0.3) is 7.82 Å². The molecule has 0 saturated carbocycles. The second-order valence-corrected chi connectivity index (χ2v) is 22.8. The van der Waals surface area contributed by atoms with Crippen LogP contribution < -0.4 is 10.2 Å². The number of nitrogens with zero attached hydrogens (tertiary/aromatic N) is 1. The van der Waals surface area contributed by atoms with Gasteiger partial charge in [0.2, 0.25) is 5.91 Å². The summed E-state index contributed by atoms with van der Waals surface area (Å²) in [4.78, 5) is 25.4. The van der Waals surface area contributed by atoms with Gasteiger partial charge in [-0.3, -0.25) is 9.36 Å². The molecule has 2 N–H and O–H groups in total. The zero-order valence-electron chi connectivity index (χ0n) is 46.3. The first-order valence-corrected chi connectivity index (χ1v) is 31.0. The number of quaternary nitrogens is 1. The van der Waals surface area contributed by atoms with Crippen LogP contribution in [0.25, 0.3) is 0 Å². The van der Waals surface area contributed by atoms with Crippen LogP contribution in [0.15, 0.2) is 48.6 Å². The summed E-state index contributed by atoms with van der Waals surface area (Å²) in [5.41, 5.74) is 0. The number of hydrogen-bond acceptors (Lipinski definition) is 6. The first kappa shape index (κ1) is 67.5. The lowest BCUT2D eigenvalue weighted by atomic mass is 10.0. The van der Waals surface area contributed by atoms with E-state index < -0.39 is 20.0 Å². The normalized spacial score (nSPS) is 14.2. The third-order valence-corrected chi connectivity index (χ3v) is 14.2. The highest BCUT2D eigenvalue weighted by Crippen LogP contribution is 2.38. The van der Waals surface area contributed by atoms with Gasteiger partial charge in [0.15, 0.2) is 0 Å². The maximum atomic E-state index is 12.9. The molecule has 0 saturated heterocycles. The fraction of sp³-hybridized carbons (Fsp3) is 0.850. The summed E-state index contributed by atoms with van der Waals surface area (Å²) in [5, 5.41) is 13.8. The second-order valence-electron chi connectivity index (χ2n) is 21.4. The molecule has 9 heteroatoms. The van der Waals surface area contributed by atoms with Crippen molar-refractivity contribution in [1.82, 2.24) is 5.32 Å². The van der Waals surface area contributed by atoms with Crippen molar-refractivity contribution in [3.63, 3.8) is 0 Å². The Morgan fingerprint density at radius 2 is 0.841 bits per heavy atom. The van der Waals surface area contributed by atoms with Gasteiger partial charge in [0.1, 0.15) is 13.2 Å². The summed E-state index contributed by atoms with van der Waals surface area (Å²) in [6.45, 7) is 4.63. The fourth-order valence-corrected chi connectivity index (χ4v) is 9.36. The van der Waals surface area contributed by atoms with Crippen LogP contribution in [0.1, 0.15) is 277 Å². The highest BCUT2D eigenvalue weighted by molar-refractivity contribution is 7.45. The minimum absolute atomic E-state index is 0.000165. The van der Waals surface area contributed by atoms with Crippen LogP contribution in [0.2, 0.25) is 0 Å². The third-order valence-electron chi connectivity index (χ3n) is 13.3. The van der Waals surface area contributed by atoms with Gasteiger partial charge >= 0.3 is 0 Å². The Labute approximate surface area is 429 Å². The molecule has 8 nitrogen and oxygen atoms in total. The summed E-state index contributed by atoms with van der Waals surface area (Å²) in [7, 11) is 1.27. The van der Waals surface area contributed by atoms with Gasteiger partial charge in [-0.25, -0.2) is 0 Å². The Morgan fingerprint density at radius 1 is 0.507 bits per heavy atom. The molecule has 0 aromatic carbocycles. The monoisotopic (exact) mass is 991 g/mol. The van der Waals surface area contributed by atoms with Crippen molar-refractivity contribution in [1.29, 1.82) is 0 Å². The van der Waals surface area contributed by atoms with Gasteiger partial charge in [0, 0.05) is 6.42 Å². The lowest BCUT2D eigenvalue weighted by molar-refractivity contribution is -0.870. The van der Waals surface area contributed by atoms with Crippen molar-refractivity contribution >= 4 is 13.7 Å². The van der Waals surface area contributed by atoms with Crippen LogP contribution in [0.5, 0.6) is 0 Å². The number of phosphoric ester groups is 1. The zero-order valence-corrected chi connectivity index (χ0v) is 47.2. The smallest absolute Gasteiger partial charge is 0.268 e. The van der Waals surface area contributed by atoms with Crippen LogP contribution in [0, 0.1) is 0 Å². The Morgan fingerprint density at radius 3 is 1.22 bits per heavy atom. The number of hydrogen-bond donors (Lipinski definition) is 2. The number of unbranched alkanes of at least 4 members (excludes halogenated alkanes) is 35. The van der Waals surface area contributed by atoms with Crippen molar-refractivity contribution in [2.45, 2.75) is 289 Å². The van der Waals surface area contributed by atoms with E-state index >= 15 is 0 Å². The maximum absolute atomic E-state index is 12.9. The molecule has 406 valence electrons. The fourth-order valence-electron chi connectivity index (χ4n) is 8.63. The SMILES string of the molecule is CCCCCCC/C=C\C/C=C\C/C=C\CCCCCCCCCCCCCCCCCCCCCCCCC(=O)NC(COP(=O)([O-])OCC[N+](C)(C)C)C(O)/C=C/CCCCCCCCCC. The summed E-state index contributed by atoms with van der Waals surface area (Å²) in [5.74, 6) is -0.196. The Kier molecular flexibility index (Phi) is 50.2. The topological polar surface area (TPSA) is 108 Å². The van der Waals surface area contributed by atoms with Gasteiger partial charge in [-0.2, -0.15) is 0 Å². The summed E-state index contributed by atoms with van der Waals surface area (Å²) in [6.07, 6.45) is 67.9. The highest BCUT2D eigenvalue weighted by atomic mass is 31.2.